The van der Waals surface area contributed by atoms with E-state index in [1.165, 1.54) is 16.3 Å². The lowest BCUT2D eigenvalue weighted by Crippen LogP contribution is -2.45. The third kappa shape index (κ3) is 1.73. The molecule has 0 spiro atoms. The third-order valence-electron chi connectivity index (χ3n) is 4.37. The number of benzene rings is 1. The van der Waals surface area contributed by atoms with Crippen LogP contribution in [0.2, 0.25) is 0 Å². The molecule has 100 valence electrons. The molecule has 2 atom stereocenters. The molecule has 1 saturated heterocycles. The maximum atomic E-state index is 11.0. The standard InChI is InChI=1S/C17H16N2O/c20-10-11-7-13-5-6-14-8-12-3-1-2-4-15(12)19-17(14)16(13)18-9-11/h1-4,6,8,10-11,13,18H,5,7,9H2. The van der Waals surface area contributed by atoms with Gasteiger partial charge in [-0.05, 0) is 30.2 Å². The zero-order valence-electron chi connectivity index (χ0n) is 11.2. The Balaban J connectivity index is 1.94. The first-order valence-corrected chi connectivity index (χ1v) is 7.14. The van der Waals surface area contributed by atoms with Crippen molar-refractivity contribution in [1.29, 1.82) is 0 Å². The van der Waals surface area contributed by atoms with Gasteiger partial charge in [0, 0.05) is 29.5 Å². The number of rotatable bonds is 1. The minimum Gasteiger partial charge on any atom is -0.386 e. The Morgan fingerprint density at radius 2 is 2.20 bits per heavy atom. The van der Waals surface area contributed by atoms with Crippen LogP contribution in [0.4, 0.5) is 0 Å². The molecule has 3 nitrogen and oxygen atoms in total. The lowest BCUT2D eigenvalue weighted by Gasteiger charge is -2.31. The Bertz CT molecular complexity index is 809. The van der Waals surface area contributed by atoms with Crippen molar-refractivity contribution in [1.82, 2.24) is 10.3 Å². The summed E-state index contributed by atoms with van der Waals surface area (Å²) in [5, 5.41) is 6.92. The summed E-state index contributed by atoms with van der Waals surface area (Å²) < 4.78 is 0. The number of fused-ring (bicyclic) bond motifs is 3. The Morgan fingerprint density at radius 3 is 3.10 bits per heavy atom. The quantitative estimate of drug-likeness (QED) is 0.780. The van der Waals surface area contributed by atoms with Crippen molar-refractivity contribution in [2.45, 2.75) is 12.8 Å². The SMILES string of the molecule is O=CC1CNC2=c3nc4ccccc4cc3=CCC2C1. The molecule has 0 saturated carbocycles. The predicted octanol–water partition coefficient (Wildman–Crippen LogP) is 0.952. The van der Waals surface area contributed by atoms with E-state index in [1.807, 2.05) is 12.1 Å². The fourth-order valence-electron chi connectivity index (χ4n) is 3.32. The molecule has 20 heavy (non-hydrogen) atoms. The van der Waals surface area contributed by atoms with Crippen molar-refractivity contribution < 1.29 is 4.79 Å². The summed E-state index contributed by atoms with van der Waals surface area (Å²) in [7, 11) is 0. The molecule has 2 heterocycles. The second-order valence-electron chi connectivity index (χ2n) is 5.68. The monoisotopic (exact) mass is 264 g/mol. The van der Waals surface area contributed by atoms with Crippen LogP contribution in [0.25, 0.3) is 22.7 Å². The highest BCUT2D eigenvalue weighted by atomic mass is 16.1. The van der Waals surface area contributed by atoms with Gasteiger partial charge < -0.3 is 10.1 Å². The summed E-state index contributed by atoms with van der Waals surface area (Å²) in [4.78, 5) is 15.8. The molecular weight excluding hydrogens is 248 g/mol. The van der Waals surface area contributed by atoms with Crippen LogP contribution in [0.3, 0.4) is 0 Å². The highest BCUT2D eigenvalue weighted by Crippen LogP contribution is 2.27. The molecule has 1 N–H and O–H groups in total. The van der Waals surface area contributed by atoms with Gasteiger partial charge in [0.25, 0.3) is 0 Å². The number of nitrogens with one attached hydrogen (secondary N) is 1. The van der Waals surface area contributed by atoms with Crippen molar-refractivity contribution in [3.8, 4) is 0 Å². The van der Waals surface area contributed by atoms with Gasteiger partial charge in [0.15, 0.2) is 0 Å². The molecule has 2 aliphatic rings. The number of aromatic nitrogens is 1. The zero-order chi connectivity index (χ0) is 13.5. The van der Waals surface area contributed by atoms with E-state index in [0.717, 1.165) is 36.5 Å². The molecule has 1 aromatic heterocycles. The minimum absolute atomic E-state index is 0.138. The molecule has 4 rings (SSSR count). The third-order valence-corrected chi connectivity index (χ3v) is 4.37. The van der Waals surface area contributed by atoms with E-state index >= 15 is 0 Å². The maximum Gasteiger partial charge on any atom is 0.124 e. The highest BCUT2D eigenvalue weighted by molar-refractivity contribution is 5.79. The highest BCUT2D eigenvalue weighted by Gasteiger charge is 2.27. The van der Waals surface area contributed by atoms with E-state index in [2.05, 4.69) is 29.6 Å². The number of carbonyl (C=O) groups is 1. The summed E-state index contributed by atoms with van der Waals surface area (Å²) in [6.07, 6.45) is 5.28. The van der Waals surface area contributed by atoms with Gasteiger partial charge >= 0.3 is 0 Å². The summed E-state index contributed by atoms with van der Waals surface area (Å²) >= 11 is 0. The first-order valence-electron chi connectivity index (χ1n) is 7.14. The van der Waals surface area contributed by atoms with Gasteiger partial charge in [-0.25, -0.2) is 4.98 Å². The number of hydrogen-bond acceptors (Lipinski definition) is 3. The van der Waals surface area contributed by atoms with Crippen LogP contribution in [0, 0.1) is 11.8 Å². The topological polar surface area (TPSA) is 42.0 Å². The van der Waals surface area contributed by atoms with Gasteiger partial charge in [0.05, 0.1) is 10.9 Å². The van der Waals surface area contributed by atoms with E-state index < -0.39 is 0 Å². The Labute approximate surface area is 117 Å². The average molecular weight is 264 g/mol. The van der Waals surface area contributed by atoms with Crippen LogP contribution in [-0.4, -0.2) is 17.8 Å². The van der Waals surface area contributed by atoms with E-state index in [4.69, 9.17) is 4.98 Å². The van der Waals surface area contributed by atoms with Crippen LogP contribution in [-0.2, 0) is 4.79 Å². The van der Waals surface area contributed by atoms with Crippen molar-refractivity contribution in [3.63, 3.8) is 0 Å². The molecule has 3 heteroatoms. The van der Waals surface area contributed by atoms with E-state index in [-0.39, 0.29) is 5.92 Å². The molecule has 0 radical (unpaired) electrons. The largest absolute Gasteiger partial charge is 0.386 e. The molecule has 1 aliphatic heterocycles. The van der Waals surface area contributed by atoms with E-state index in [1.54, 1.807) is 0 Å². The van der Waals surface area contributed by atoms with E-state index in [0.29, 0.717) is 5.92 Å². The van der Waals surface area contributed by atoms with Crippen molar-refractivity contribution in [3.05, 3.63) is 40.9 Å². The van der Waals surface area contributed by atoms with Gasteiger partial charge in [-0.1, -0.05) is 24.3 Å². The Hall–Kier alpha value is -2.16. The first kappa shape index (κ1) is 11.6. The van der Waals surface area contributed by atoms with Crippen LogP contribution in [0.1, 0.15) is 12.8 Å². The van der Waals surface area contributed by atoms with E-state index in [9.17, 15) is 4.79 Å². The molecule has 2 aromatic rings. The predicted molar refractivity (Wildman–Crippen MR) is 79.1 cm³/mol. The van der Waals surface area contributed by atoms with Crippen LogP contribution < -0.4 is 15.9 Å². The van der Waals surface area contributed by atoms with Gasteiger partial charge in [-0.2, -0.15) is 0 Å². The lowest BCUT2D eigenvalue weighted by atomic mass is 9.83. The van der Waals surface area contributed by atoms with Gasteiger partial charge in [0.2, 0.25) is 0 Å². The number of para-hydroxylation sites is 1. The number of carbonyl (C=O) groups excluding carboxylic acids is 1. The van der Waals surface area contributed by atoms with Crippen molar-refractivity contribution in [2.24, 2.45) is 11.8 Å². The first-order chi connectivity index (χ1) is 9.85. The number of nitrogens with zero attached hydrogens (tertiary/aromatic N) is 1. The average Bonchev–Trinajstić information content (AvgIpc) is 2.52. The van der Waals surface area contributed by atoms with Crippen molar-refractivity contribution in [2.75, 3.05) is 6.54 Å². The van der Waals surface area contributed by atoms with Crippen LogP contribution in [0.5, 0.6) is 0 Å². The maximum absolute atomic E-state index is 11.0. The summed E-state index contributed by atoms with van der Waals surface area (Å²) in [6.45, 7) is 0.739. The van der Waals surface area contributed by atoms with Crippen LogP contribution in [0.15, 0.2) is 30.3 Å². The van der Waals surface area contributed by atoms with Crippen LogP contribution >= 0.6 is 0 Å². The second kappa shape index (κ2) is 4.44. The number of hydrogen-bond donors (Lipinski definition) is 1. The second-order valence-corrected chi connectivity index (χ2v) is 5.68. The number of aldehydes is 1. The Kier molecular flexibility index (Phi) is 2.59. The smallest absolute Gasteiger partial charge is 0.124 e. The molecule has 1 fully saturated rings. The molecular formula is C17H16N2O. The summed E-state index contributed by atoms with van der Waals surface area (Å²) in [5.41, 5.74) is 2.26. The van der Waals surface area contributed by atoms with Crippen molar-refractivity contribution >= 4 is 29.0 Å². The summed E-state index contributed by atoms with van der Waals surface area (Å²) in [6, 6.07) is 10.4. The normalized spacial score (nSPS) is 24.3. The lowest BCUT2D eigenvalue weighted by molar-refractivity contribution is -0.111. The number of pyridine rings is 1. The molecule has 0 bridgehead atoms. The summed E-state index contributed by atoms with van der Waals surface area (Å²) in [5.74, 6) is 0.555. The molecule has 1 aromatic carbocycles. The molecule has 1 aliphatic carbocycles. The van der Waals surface area contributed by atoms with Gasteiger partial charge in [-0.3, -0.25) is 0 Å². The van der Waals surface area contributed by atoms with Gasteiger partial charge in [0.1, 0.15) is 6.29 Å². The molecule has 2 unspecified atom stereocenters. The Morgan fingerprint density at radius 1 is 1.30 bits per heavy atom. The number of piperidine rings is 1. The van der Waals surface area contributed by atoms with Gasteiger partial charge in [-0.15, -0.1) is 0 Å². The minimum atomic E-state index is 0.138. The fraction of sp³-hybridized carbons (Fsp3) is 0.294. The zero-order valence-corrected chi connectivity index (χ0v) is 11.2. The fourth-order valence-corrected chi connectivity index (χ4v) is 3.32. The molecule has 0 amide bonds.